The molecule has 0 saturated carbocycles. The van der Waals surface area contributed by atoms with Crippen molar-refractivity contribution in [3.05, 3.63) is 53.6 Å². The molecule has 2 heterocycles. The second kappa shape index (κ2) is 6.58. The van der Waals surface area contributed by atoms with Gasteiger partial charge in [0.05, 0.1) is 11.2 Å². The largest absolute Gasteiger partial charge is 0.355 e. The minimum absolute atomic E-state index is 0.132. The van der Waals surface area contributed by atoms with E-state index in [1.807, 2.05) is 4.90 Å². The summed E-state index contributed by atoms with van der Waals surface area (Å²) < 4.78 is 19.0. The van der Waals surface area contributed by atoms with E-state index in [0.717, 1.165) is 6.54 Å². The first-order chi connectivity index (χ1) is 11.4. The van der Waals surface area contributed by atoms with Gasteiger partial charge in [-0.05, 0) is 32.0 Å². The molecule has 0 radical (unpaired) electrons. The number of aromatic nitrogens is 2. The van der Waals surface area contributed by atoms with Gasteiger partial charge >= 0.3 is 0 Å². The van der Waals surface area contributed by atoms with Gasteiger partial charge < -0.3 is 9.64 Å². The maximum atomic E-state index is 13.1. The minimum atomic E-state index is -0.296. The Kier molecular flexibility index (Phi) is 4.50. The van der Waals surface area contributed by atoms with Gasteiger partial charge in [0.2, 0.25) is 5.95 Å². The quantitative estimate of drug-likeness (QED) is 0.755. The molecule has 24 heavy (non-hydrogen) atoms. The summed E-state index contributed by atoms with van der Waals surface area (Å²) in [6.45, 7) is 7.68. The summed E-state index contributed by atoms with van der Waals surface area (Å²) in [4.78, 5) is 10.8. The van der Waals surface area contributed by atoms with Crippen LogP contribution in [0.2, 0.25) is 0 Å². The van der Waals surface area contributed by atoms with Crippen molar-refractivity contribution in [1.82, 2.24) is 9.97 Å². The third kappa shape index (κ3) is 3.72. The summed E-state index contributed by atoms with van der Waals surface area (Å²) in [6.07, 6.45) is 3.36. The van der Waals surface area contributed by atoms with Crippen LogP contribution in [0.1, 0.15) is 31.9 Å². The number of benzene rings is 1. The zero-order valence-corrected chi connectivity index (χ0v) is 14.1. The highest BCUT2D eigenvalue weighted by molar-refractivity contribution is 5.42. The molecule has 1 aliphatic rings. The molecule has 0 amide bonds. The predicted octanol–water partition coefficient (Wildman–Crippen LogP) is 3.22. The molecule has 1 saturated heterocycles. The van der Waals surface area contributed by atoms with Gasteiger partial charge in [0.15, 0.2) is 0 Å². The van der Waals surface area contributed by atoms with Crippen molar-refractivity contribution >= 4 is 5.95 Å². The molecule has 1 aromatic heterocycles. The third-order valence-electron chi connectivity index (χ3n) is 4.37. The lowest BCUT2D eigenvalue weighted by atomic mass is 9.91. The highest BCUT2D eigenvalue weighted by Gasteiger charge is 2.34. The van der Waals surface area contributed by atoms with Crippen LogP contribution in [0.4, 0.5) is 10.3 Å². The SMILES string of the molecule is CC1CN(c2ncc(C#Cc3cccc(F)c3)cn2)COC1(C)C. The Hall–Kier alpha value is -2.45. The van der Waals surface area contributed by atoms with E-state index >= 15 is 0 Å². The monoisotopic (exact) mass is 325 g/mol. The van der Waals surface area contributed by atoms with Crippen LogP contribution in [0.15, 0.2) is 36.7 Å². The van der Waals surface area contributed by atoms with Crippen molar-refractivity contribution in [3.63, 3.8) is 0 Å². The van der Waals surface area contributed by atoms with E-state index in [4.69, 9.17) is 4.74 Å². The Morgan fingerprint density at radius 3 is 2.58 bits per heavy atom. The molecule has 1 atom stereocenters. The van der Waals surface area contributed by atoms with E-state index in [-0.39, 0.29) is 11.4 Å². The third-order valence-corrected chi connectivity index (χ3v) is 4.37. The summed E-state index contributed by atoms with van der Waals surface area (Å²) in [6, 6.07) is 6.19. The lowest BCUT2D eigenvalue weighted by molar-refractivity contribution is -0.0782. The molecule has 0 spiro atoms. The van der Waals surface area contributed by atoms with Crippen molar-refractivity contribution in [2.45, 2.75) is 26.4 Å². The topological polar surface area (TPSA) is 38.2 Å². The van der Waals surface area contributed by atoms with Crippen molar-refractivity contribution in [2.24, 2.45) is 5.92 Å². The summed E-state index contributed by atoms with van der Waals surface area (Å²) in [5.74, 6) is 6.57. The molecule has 0 aliphatic carbocycles. The zero-order valence-electron chi connectivity index (χ0n) is 14.1. The van der Waals surface area contributed by atoms with Crippen molar-refractivity contribution in [2.75, 3.05) is 18.2 Å². The first kappa shape index (κ1) is 16.4. The normalized spacial score (nSPS) is 19.5. The maximum absolute atomic E-state index is 13.1. The second-order valence-corrected chi connectivity index (χ2v) is 6.53. The number of nitrogens with zero attached hydrogens (tertiary/aromatic N) is 3. The van der Waals surface area contributed by atoms with Crippen LogP contribution in [-0.4, -0.2) is 28.8 Å². The van der Waals surface area contributed by atoms with Gasteiger partial charge in [-0.3, -0.25) is 0 Å². The van der Waals surface area contributed by atoms with Gasteiger partial charge in [-0.15, -0.1) is 0 Å². The number of anilines is 1. The predicted molar refractivity (Wildman–Crippen MR) is 91.0 cm³/mol. The van der Waals surface area contributed by atoms with Crippen LogP contribution < -0.4 is 4.90 Å². The molecule has 1 fully saturated rings. The van der Waals surface area contributed by atoms with E-state index < -0.39 is 0 Å². The number of ether oxygens (including phenoxy) is 1. The number of hydrogen-bond acceptors (Lipinski definition) is 4. The minimum Gasteiger partial charge on any atom is -0.355 e. The van der Waals surface area contributed by atoms with E-state index in [1.165, 1.54) is 12.1 Å². The molecule has 3 rings (SSSR count). The van der Waals surface area contributed by atoms with Crippen LogP contribution in [0.3, 0.4) is 0 Å². The van der Waals surface area contributed by atoms with E-state index in [2.05, 4.69) is 42.6 Å². The molecule has 124 valence electrons. The van der Waals surface area contributed by atoms with Gasteiger partial charge in [0.1, 0.15) is 12.5 Å². The van der Waals surface area contributed by atoms with Gasteiger partial charge in [-0.25, -0.2) is 14.4 Å². The Morgan fingerprint density at radius 1 is 1.21 bits per heavy atom. The Bertz CT molecular complexity index is 777. The molecule has 2 aromatic rings. The Labute approximate surface area is 141 Å². The fourth-order valence-electron chi connectivity index (χ4n) is 2.39. The molecule has 0 bridgehead atoms. The average molecular weight is 325 g/mol. The van der Waals surface area contributed by atoms with Gasteiger partial charge in [-0.1, -0.05) is 24.8 Å². The van der Waals surface area contributed by atoms with Gasteiger partial charge in [0.25, 0.3) is 0 Å². The van der Waals surface area contributed by atoms with Crippen LogP contribution in [-0.2, 0) is 4.74 Å². The van der Waals surface area contributed by atoms with Crippen LogP contribution in [0.25, 0.3) is 0 Å². The molecular weight excluding hydrogens is 305 g/mol. The number of hydrogen-bond donors (Lipinski definition) is 0. The molecule has 4 nitrogen and oxygen atoms in total. The lowest BCUT2D eigenvalue weighted by Gasteiger charge is -2.42. The number of halogens is 1. The molecule has 1 aromatic carbocycles. The van der Waals surface area contributed by atoms with Gasteiger partial charge in [-0.2, -0.15) is 0 Å². The lowest BCUT2D eigenvalue weighted by Crippen LogP contribution is -2.50. The van der Waals surface area contributed by atoms with E-state index in [0.29, 0.717) is 29.7 Å². The first-order valence-electron chi connectivity index (χ1n) is 7.92. The highest BCUT2D eigenvalue weighted by Crippen LogP contribution is 2.28. The average Bonchev–Trinajstić information content (AvgIpc) is 2.56. The number of rotatable bonds is 1. The van der Waals surface area contributed by atoms with E-state index in [9.17, 15) is 4.39 Å². The molecule has 0 N–H and O–H groups in total. The summed E-state index contributed by atoms with van der Waals surface area (Å²) >= 11 is 0. The smallest absolute Gasteiger partial charge is 0.227 e. The van der Waals surface area contributed by atoms with Gasteiger partial charge in [0, 0.05) is 30.4 Å². The Morgan fingerprint density at radius 2 is 1.92 bits per heavy atom. The van der Waals surface area contributed by atoms with E-state index in [1.54, 1.807) is 24.5 Å². The van der Waals surface area contributed by atoms with Crippen molar-refractivity contribution in [1.29, 1.82) is 0 Å². The summed E-state index contributed by atoms with van der Waals surface area (Å²) in [5.41, 5.74) is 1.18. The fraction of sp³-hybridized carbons (Fsp3) is 0.368. The summed E-state index contributed by atoms with van der Waals surface area (Å²) in [7, 11) is 0. The first-order valence-corrected chi connectivity index (χ1v) is 7.92. The van der Waals surface area contributed by atoms with Crippen molar-refractivity contribution in [3.8, 4) is 11.8 Å². The summed E-state index contributed by atoms with van der Waals surface area (Å²) in [5, 5.41) is 0. The maximum Gasteiger partial charge on any atom is 0.227 e. The van der Waals surface area contributed by atoms with Crippen LogP contribution in [0.5, 0.6) is 0 Å². The van der Waals surface area contributed by atoms with Crippen LogP contribution >= 0.6 is 0 Å². The standard InChI is InChI=1S/C19H20FN3O/c1-14-12-23(13-24-19(14,2)3)18-21-10-16(11-22-18)8-7-15-5-4-6-17(20)9-15/h4-6,9-11,14H,12-13H2,1-3H3. The molecule has 1 aliphatic heterocycles. The zero-order chi connectivity index (χ0) is 17.2. The van der Waals surface area contributed by atoms with Crippen LogP contribution in [0, 0.1) is 23.6 Å². The molecule has 1 unspecified atom stereocenters. The molecular formula is C19H20FN3O. The van der Waals surface area contributed by atoms with Crippen molar-refractivity contribution < 1.29 is 9.13 Å². The molecule has 5 heteroatoms. The highest BCUT2D eigenvalue weighted by atomic mass is 19.1. The Balaban J connectivity index is 1.70. The fourth-order valence-corrected chi connectivity index (χ4v) is 2.39. The second-order valence-electron chi connectivity index (χ2n) is 6.53.